The number of likely N-dealkylation sites (N-methyl/N-ethyl adjacent to an activating group) is 1. The second kappa shape index (κ2) is 13.9. The lowest BCUT2D eigenvalue weighted by Crippen LogP contribution is -2.34. The van der Waals surface area contributed by atoms with Crippen LogP contribution in [0.3, 0.4) is 0 Å². The molecule has 1 aliphatic heterocycles. The van der Waals surface area contributed by atoms with Crippen molar-refractivity contribution < 1.29 is 9.53 Å². The molecular weight excluding hydrogens is 460 g/mol. The van der Waals surface area contributed by atoms with E-state index < -0.39 is 0 Å². The Kier molecular flexibility index (Phi) is 10.7. The van der Waals surface area contributed by atoms with Crippen molar-refractivity contribution in [3.63, 3.8) is 0 Å². The molecule has 0 saturated heterocycles. The highest BCUT2D eigenvalue weighted by atomic mass is 16.5. The highest BCUT2D eigenvalue weighted by Crippen LogP contribution is 2.29. The van der Waals surface area contributed by atoms with Crippen molar-refractivity contribution in [2.24, 2.45) is 10.9 Å². The highest BCUT2D eigenvalue weighted by Gasteiger charge is 2.29. The number of amides is 1. The first-order valence-corrected chi connectivity index (χ1v) is 13.2. The quantitative estimate of drug-likeness (QED) is 0.376. The van der Waals surface area contributed by atoms with Crippen LogP contribution in [0, 0.1) is 5.92 Å². The van der Waals surface area contributed by atoms with Gasteiger partial charge in [-0.15, -0.1) is 0 Å². The number of benzene rings is 2. The van der Waals surface area contributed by atoms with Crippen LogP contribution in [-0.2, 0) is 16.1 Å². The summed E-state index contributed by atoms with van der Waals surface area (Å²) in [7, 11) is 4.02. The molecule has 0 bridgehead atoms. The van der Waals surface area contributed by atoms with Crippen LogP contribution in [0.1, 0.15) is 50.8 Å². The fourth-order valence-electron chi connectivity index (χ4n) is 4.61. The van der Waals surface area contributed by atoms with E-state index in [1.54, 1.807) is 6.21 Å². The first-order chi connectivity index (χ1) is 17.8. The Morgan fingerprint density at radius 3 is 2.62 bits per heavy atom. The molecule has 2 atom stereocenters. The summed E-state index contributed by atoms with van der Waals surface area (Å²) in [5, 5.41) is 3.22. The maximum absolute atomic E-state index is 13.9. The van der Waals surface area contributed by atoms with Crippen molar-refractivity contribution in [1.29, 1.82) is 0 Å². The van der Waals surface area contributed by atoms with Gasteiger partial charge in [-0.05, 0) is 62.5 Å². The third kappa shape index (κ3) is 7.63. The molecule has 1 N–H and O–H groups in total. The first-order valence-electron chi connectivity index (χ1n) is 13.2. The molecule has 0 spiro atoms. The van der Waals surface area contributed by atoms with Gasteiger partial charge in [0.05, 0.1) is 18.3 Å². The van der Waals surface area contributed by atoms with Crippen LogP contribution < -0.4 is 10.2 Å². The molecule has 37 heavy (non-hydrogen) atoms. The van der Waals surface area contributed by atoms with Crippen LogP contribution in [0.2, 0.25) is 0 Å². The zero-order valence-corrected chi connectivity index (χ0v) is 23.0. The second-order valence-electron chi connectivity index (χ2n) is 9.75. The molecule has 198 valence electrons. The maximum Gasteiger partial charge on any atom is 0.261 e. The molecule has 0 radical (unpaired) electrons. The monoisotopic (exact) mass is 502 g/mol. The average molecular weight is 503 g/mol. The molecular formula is C31H42N4O2. The number of ether oxygens (including phenoxy) is 1. The average Bonchev–Trinajstić information content (AvgIpc) is 3.03. The zero-order valence-electron chi connectivity index (χ0n) is 23.0. The number of aliphatic imine (C=N–C) groups is 1. The lowest BCUT2D eigenvalue weighted by atomic mass is 9.98. The minimum absolute atomic E-state index is 0.00301. The third-order valence-electron chi connectivity index (χ3n) is 6.82. The van der Waals surface area contributed by atoms with E-state index in [9.17, 15) is 4.79 Å². The molecule has 2 aromatic rings. The number of allylic oxidation sites excluding steroid dienone is 2. The first kappa shape index (κ1) is 28.4. The largest absolute Gasteiger partial charge is 0.375 e. The van der Waals surface area contributed by atoms with E-state index in [4.69, 9.17) is 4.74 Å². The highest BCUT2D eigenvalue weighted by molar-refractivity contribution is 6.19. The Morgan fingerprint density at radius 1 is 1.19 bits per heavy atom. The van der Waals surface area contributed by atoms with E-state index in [0.717, 1.165) is 42.9 Å². The molecule has 0 fully saturated rings. The number of nitrogens with zero attached hydrogens (tertiary/aromatic N) is 3. The summed E-state index contributed by atoms with van der Waals surface area (Å²) in [5.74, 6) is 0.214. The van der Waals surface area contributed by atoms with Crippen molar-refractivity contribution in [3.05, 3.63) is 89.3 Å². The molecule has 0 saturated carbocycles. The fourth-order valence-corrected chi connectivity index (χ4v) is 4.61. The molecule has 2 unspecified atom stereocenters. The number of nitrogens with one attached hydrogen (secondary N) is 1. The van der Waals surface area contributed by atoms with Gasteiger partial charge < -0.3 is 19.9 Å². The summed E-state index contributed by atoms with van der Waals surface area (Å²) >= 11 is 0. The van der Waals surface area contributed by atoms with Gasteiger partial charge in [0.15, 0.2) is 0 Å². The molecule has 0 aromatic heterocycles. The van der Waals surface area contributed by atoms with Crippen LogP contribution in [0.15, 0.2) is 83.1 Å². The third-order valence-corrected chi connectivity index (χ3v) is 6.82. The Hall–Kier alpha value is -3.22. The minimum atomic E-state index is -0.0288. The van der Waals surface area contributed by atoms with E-state index in [1.165, 1.54) is 5.56 Å². The lowest BCUT2D eigenvalue weighted by molar-refractivity contribution is -0.114. The predicted octanol–water partition coefficient (Wildman–Crippen LogP) is 5.74. The normalized spacial score (nSPS) is 16.3. The van der Waals surface area contributed by atoms with E-state index in [0.29, 0.717) is 24.4 Å². The number of anilines is 1. The number of hydrogen-bond acceptors (Lipinski definition) is 5. The maximum atomic E-state index is 13.9. The summed E-state index contributed by atoms with van der Waals surface area (Å²) in [6.07, 6.45) is 3.52. The Bertz CT molecular complexity index is 1110. The molecule has 2 aromatic carbocycles. The summed E-state index contributed by atoms with van der Waals surface area (Å²) in [6, 6.07) is 18.5. The summed E-state index contributed by atoms with van der Waals surface area (Å²) in [6.45, 7) is 12.7. The zero-order chi connectivity index (χ0) is 26.8. The van der Waals surface area contributed by atoms with Gasteiger partial charge in [0.25, 0.3) is 5.91 Å². The Morgan fingerprint density at radius 2 is 1.95 bits per heavy atom. The molecule has 1 amide bonds. The standard InChI is InChI=1S/C31H42N4O2/c1-7-24(4)30-28(21-33-23(2)3)31(36)35(19-18-34(30)6)27-15-11-12-25(20-27)22-37-29(16-17-32-5)26-13-9-8-10-14-26/h8-15,20-21,24,29,32H,2,7,16-19,22H2,1,3-6H3. The Labute approximate surface area is 222 Å². The van der Waals surface area contributed by atoms with Gasteiger partial charge in [-0.1, -0.05) is 62.9 Å². The molecule has 0 aliphatic carbocycles. The molecule has 1 aliphatic rings. The number of carbonyl (C=O) groups excluding carboxylic acids is 1. The van der Waals surface area contributed by atoms with Crippen LogP contribution in [0.4, 0.5) is 5.69 Å². The SMILES string of the molecule is C=C(C)N=CC1=C(C(C)CC)N(C)CCN(c2cccc(COC(CCNC)c3ccccc3)c2)C1=O. The van der Waals surface area contributed by atoms with Crippen LogP contribution >= 0.6 is 0 Å². The van der Waals surface area contributed by atoms with Gasteiger partial charge >= 0.3 is 0 Å². The predicted molar refractivity (Wildman–Crippen MR) is 154 cm³/mol. The number of rotatable bonds is 12. The molecule has 6 nitrogen and oxygen atoms in total. The van der Waals surface area contributed by atoms with Gasteiger partial charge in [-0.2, -0.15) is 0 Å². The van der Waals surface area contributed by atoms with Crippen LogP contribution in [0.25, 0.3) is 0 Å². The van der Waals surface area contributed by atoms with Crippen molar-refractivity contribution in [1.82, 2.24) is 10.2 Å². The van der Waals surface area contributed by atoms with E-state index in [2.05, 4.69) is 66.9 Å². The van der Waals surface area contributed by atoms with Gasteiger partial charge in [0.2, 0.25) is 0 Å². The summed E-state index contributed by atoms with van der Waals surface area (Å²) in [5.41, 5.74) is 5.43. The van der Waals surface area contributed by atoms with E-state index >= 15 is 0 Å². The van der Waals surface area contributed by atoms with E-state index in [-0.39, 0.29) is 17.9 Å². The van der Waals surface area contributed by atoms with E-state index in [1.807, 2.05) is 49.2 Å². The summed E-state index contributed by atoms with van der Waals surface area (Å²) < 4.78 is 6.38. The summed E-state index contributed by atoms with van der Waals surface area (Å²) in [4.78, 5) is 22.4. The topological polar surface area (TPSA) is 57.2 Å². The fraction of sp³-hybridized carbons (Fsp3) is 0.419. The van der Waals surface area contributed by atoms with Crippen molar-refractivity contribution in [2.75, 3.05) is 38.6 Å². The van der Waals surface area contributed by atoms with Crippen LogP contribution in [-0.4, -0.2) is 50.8 Å². The van der Waals surface area contributed by atoms with Crippen molar-refractivity contribution in [2.45, 2.75) is 46.3 Å². The van der Waals surface area contributed by atoms with Gasteiger partial charge in [-0.25, -0.2) is 0 Å². The van der Waals surface area contributed by atoms with Crippen LogP contribution in [0.5, 0.6) is 0 Å². The van der Waals surface area contributed by atoms with Crippen molar-refractivity contribution >= 4 is 17.8 Å². The molecule has 1 heterocycles. The Balaban J connectivity index is 1.87. The van der Waals surface area contributed by atoms with Gasteiger partial charge in [-0.3, -0.25) is 9.79 Å². The number of carbonyl (C=O) groups is 1. The van der Waals surface area contributed by atoms with Gasteiger partial charge in [0, 0.05) is 43.4 Å². The van der Waals surface area contributed by atoms with Gasteiger partial charge in [0.1, 0.15) is 0 Å². The number of hydrogen-bond donors (Lipinski definition) is 1. The second-order valence-corrected chi connectivity index (χ2v) is 9.75. The smallest absolute Gasteiger partial charge is 0.261 e. The lowest BCUT2D eigenvalue weighted by Gasteiger charge is -2.26. The minimum Gasteiger partial charge on any atom is -0.375 e. The molecule has 6 heteroatoms. The molecule has 3 rings (SSSR count). The van der Waals surface area contributed by atoms with Crippen molar-refractivity contribution in [3.8, 4) is 0 Å².